The van der Waals surface area contributed by atoms with Gasteiger partial charge in [0, 0.05) is 24.2 Å². The van der Waals surface area contributed by atoms with E-state index in [4.69, 9.17) is 5.26 Å². The van der Waals surface area contributed by atoms with Crippen molar-refractivity contribution >= 4 is 23.2 Å². The average molecular weight is 513 g/mol. The van der Waals surface area contributed by atoms with Crippen molar-refractivity contribution in [3.05, 3.63) is 94.3 Å². The van der Waals surface area contributed by atoms with Crippen molar-refractivity contribution in [1.29, 1.82) is 5.26 Å². The Kier molecular flexibility index (Phi) is 8.42. The normalized spacial score (nSPS) is 15.2. The Bertz CT molecular complexity index is 1360. The first-order valence-corrected chi connectivity index (χ1v) is 12.9. The Morgan fingerprint density at radius 2 is 1.84 bits per heavy atom. The lowest BCUT2D eigenvalue weighted by molar-refractivity contribution is -0.120. The molecule has 1 N–H and O–H groups in total. The van der Waals surface area contributed by atoms with Gasteiger partial charge >= 0.3 is 0 Å². The van der Waals surface area contributed by atoms with Crippen LogP contribution < -0.4 is 15.3 Å². The van der Waals surface area contributed by atoms with Crippen LogP contribution in [0.5, 0.6) is 0 Å². The van der Waals surface area contributed by atoms with Crippen LogP contribution in [0.15, 0.2) is 60.7 Å². The topological polar surface area (TPSA) is 76.4 Å². The zero-order valence-electron chi connectivity index (χ0n) is 22.1. The van der Waals surface area contributed by atoms with Gasteiger partial charge in [-0.1, -0.05) is 24.3 Å². The molecule has 4 rings (SSSR count). The Morgan fingerprint density at radius 3 is 2.53 bits per heavy atom. The molecule has 0 saturated carbocycles. The van der Waals surface area contributed by atoms with Crippen molar-refractivity contribution in [2.75, 3.05) is 23.0 Å². The Morgan fingerprint density at radius 1 is 1.11 bits per heavy atom. The van der Waals surface area contributed by atoms with E-state index in [9.17, 15) is 14.0 Å². The molecule has 0 spiro atoms. The molecule has 1 atom stereocenters. The van der Waals surface area contributed by atoms with Gasteiger partial charge < -0.3 is 4.90 Å². The highest BCUT2D eigenvalue weighted by atomic mass is 19.1. The minimum atomic E-state index is -0.292. The Labute approximate surface area is 223 Å². The molecule has 0 aliphatic carbocycles. The third-order valence-electron chi connectivity index (χ3n) is 6.93. The number of hydrogen-bond acceptors (Lipinski definition) is 4. The maximum Gasteiger partial charge on any atom is 0.269 e. The molecule has 6 nitrogen and oxygen atoms in total. The van der Waals surface area contributed by atoms with E-state index in [1.807, 2.05) is 45.0 Å². The molecule has 1 aliphatic heterocycles. The van der Waals surface area contributed by atoms with Gasteiger partial charge in [0.1, 0.15) is 5.82 Å². The fourth-order valence-electron chi connectivity index (χ4n) is 5.09. The first kappa shape index (κ1) is 26.9. The maximum atomic E-state index is 14.2. The predicted molar refractivity (Wildman–Crippen MR) is 147 cm³/mol. The van der Waals surface area contributed by atoms with Crippen molar-refractivity contribution in [2.45, 2.75) is 46.5 Å². The number of piperidine rings is 1. The summed E-state index contributed by atoms with van der Waals surface area (Å²) in [5, 5.41) is 10.8. The van der Waals surface area contributed by atoms with Crippen molar-refractivity contribution in [3.8, 4) is 6.07 Å². The molecule has 38 heavy (non-hydrogen) atoms. The number of nitrogens with one attached hydrogen (secondary N) is 1. The van der Waals surface area contributed by atoms with Crippen LogP contribution in [-0.2, 0) is 11.2 Å². The van der Waals surface area contributed by atoms with Crippen LogP contribution in [0, 0.1) is 43.8 Å². The number of benzene rings is 3. The van der Waals surface area contributed by atoms with Gasteiger partial charge in [-0.25, -0.2) is 4.39 Å². The molecule has 7 heteroatoms. The van der Waals surface area contributed by atoms with Gasteiger partial charge in [0.2, 0.25) is 5.91 Å². The molecule has 2 amide bonds. The molecule has 1 unspecified atom stereocenters. The molecule has 1 aliphatic rings. The minimum absolute atomic E-state index is 0.0348. The molecule has 1 heterocycles. The standard InChI is InChI=1S/C31H33FN4O2/c1-21-15-22(2)17-27(16-21)36(14-6-13-33)34-31(38)26-10-11-29(23(3)18-26)35-20-24(9-12-30(35)37)19-25-7-4-5-8-28(25)32/h4-5,7-8,10-11,15-18,24H,6,9,12,14,19-20H2,1-3H3,(H,34,38). The van der Waals surface area contributed by atoms with E-state index in [-0.39, 0.29) is 30.0 Å². The molecular weight excluding hydrogens is 479 g/mol. The summed E-state index contributed by atoms with van der Waals surface area (Å²) in [6.45, 7) is 6.73. The fraction of sp³-hybridized carbons (Fsp3) is 0.323. The molecule has 0 bridgehead atoms. The van der Waals surface area contributed by atoms with Crippen LogP contribution in [0.3, 0.4) is 0 Å². The molecule has 3 aromatic carbocycles. The lowest BCUT2D eigenvalue weighted by Gasteiger charge is -2.34. The minimum Gasteiger partial charge on any atom is -0.312 e. The Balaban J connectivity index is 1.50. The summed E-state index contributed by atoms with van der Waals surface area (Å²) in [5.41, 5.74) is 8.60. The number of amides is 2. The number of hydrogen-bond donors (Lipinski definition) is 1. The SMILES string of the molecule is Cc1cc(C)cc(N(CCC#N)NC(=O)c2ccc(N3CC(Cc4ccccc4F)CCC3=O)c(C)c2)c1. The van der Waals surface area contributed by atoms with Crippen LogP contribution in [0.1, 0.15) is 51.9 Å². The smallest absolute Gasteiger partial charge is 0.269 e. The van der Waals surface area contributed by atoms with E-state index >= 15 is 0 Å². The van der Waals surface area contributed by atoms with Gasteiger partial charge in [-0.2, -0.15) is 5.26 Å². The first-order chi connectivity index (χ1) is 18.2. The fourth-order valence-corrected chi connectivity index (χ4v) is 5.09. The summed E-state index contributed by atoms with van der Waals surface area (Å²) in [4.78, 5) is 27.8. The van der Waals surface area contributed by atoms with Crippen LogP contribution in [0.25, 0.3) is 0 Å². The average Bonchev–Trinajstić information content (AvgIpc) is 2.88. The lowest BCUT2D eigenvalue weighted by atomic mass is 9.90. The summed E-state index contributed by atoms with van der Waals surface area (Å²) < 4.78 is 14.2. The van der Waals surface area contributed by atoms with Gasteiger partial charge in [-0.3, -0.25) is 20.0 Å². The lowest BCUT2D eigenvalue weighted by Crippen LogP contribution is -2.43. The second-order valence-corrected chi connectivity index (χ2v) is 10.1. The van der Waals surface area contributed by atoms with Crippen LogP contribution >= 0.6 is 0 Å². The van der Waals surface area contributed by atoms with E-state index in [0.717, 1.165) is 34.5 Å². The van der Waals surface area contributed by atoms with Crippen molar-refractivity contribution in [3.63, 3.8) is 0 Å². The largest absolute Gasteiger partial charge is 0.312 e. The number of nitriles is 1. The quantitative estimate of drug-likeness (QED) is 0.387. The van der Waals surface area contributed by atoms with Crippen molar-refractivity contribution in [2.24, 2.45) is 5.92 Å². The Hall–Kier alpha value is -4.18. The van der Waals surface area contributed by atoms with Crippen molar-refractivity contribution in [1.82, 2.24) is 5.43 Å². The molecule has 0 aromatic heterocycles. The molecule has 1 saturated heterocycles. The van der Waals surface area contributed by atoms with E-state index in [2.05, 4.69) is 17.6 Å². The van der Waals surface area contributed by atoms with E-state index in [1.165, 1.54) is 6.07 Å². The predicted octanol–water partition coefficient (Wildman–Crippen LogP) is 5.80. The van der Waals surface area contributed by atoms with Crippen LogP contribution in [0.4, 0.5) is 15.8 Å². The summed E-state index contributed by atoms with van der Waals surface area (Å²) in [7, 11) is 0. The highest BCUT2D eigenvalue weighted by Crippen LogP contribution is 2.30. The molecule has 0 radical (unpaired) electrons. The molecule has 3 aromatic rings. The molecule has 1 fully saturated rings. The summed E-state index contributed by atoms with van der Waals surface area (Å²) in [6, 6.07) is 20.2. The summed E-state index contributed by atoms with van der Waals surface area (Å²) in [6.07, 6.45) is 1.97. The monoisotopic (exact) mass is 512 g/mol. The summed E-state index contributed by atoms with van der Waals surface area (Å²) >= 11 is 0. The number of nitrogens with zero attached hydrogens (tertiary/aromatic N) is 3. The summed E-state index contributed by atoms with van der Waals surface area (Å²) in [5.74, 6) is -0.322. The van der Waals surface area contributed by atoms with Gasteiger partial charge in [-0.15, -0.1) is 0 Å². The van der Waals surface area contributed by atoms with E-state index in [1.54, 1.807) is 34.2 Å². The van der Waals surface area contributed by atoms with Gasteiger partial charge in [0.25, 0.3) is 5.91 Å². The first-order valence-electron chi connectivity index (χ1n) is 12.9. The number of anilines is 2. The number of carbonyl (C=O) groups is 2. The number of hydrazine groups is 1. The van der Waals surface area contributed by atoms with E-state index < -0.39 is 0 Å². The molecular formula is C31H33FN4O2. The number of aryl methyl sites for hydroxylation is 3. The van der Waals surface area contributed by atoms with Crippen LogP contribution in [0.2, 0.25) is 0 Å². The molecule has 196 valence electrons. The number of carbonyl (C=O) groups excluding carboxylic acids is 2. The van der Waals surface area contributed by atoms with E-state index in [0.29, 0.717) is 37.1 Å². The highest BCUT2D eigenvalue weighted by Gasteiger charge is 2.28. The second-order valence-electron chi connectivity index (χ2n) is 10.1. The zero-order valence-corrected chi connectivity index (χ0v) is 22.1. The van der Waals surface area contributed by atoms with Crippen molar-refractivity contribution < 1.29 is 14.0 Å². The van der Waals surface area contributed by atoms with Gasteiger partial charge in [0.05, 0.1) is 24.7 Å². The zero-order chi connectivity index (χ0) is 27.2. The van der Waals surface area contributed by atoms with Gasteiger partial charge in [0.15, 0.2) is 0 Å². The number of halogens is 1. The van der Waals surface area contributed by atoms with Crippen LogP contribution in [-0.4, -0.2) is 24.9 Å². The number of rotatable bonds is 8. The third-order valence-corrected chi connectivity index (χ3v) is 6.93. The highest BCUT2D eigenvalue weighted by molar-refractivity contribution is 5.98. The second kappa shape index (κ2) is 11.9. The third kappa shape index (κ3) is 6.38. The maximum absolute atomic E-state index is 14.2. The van der Waals surface area contributed by atoms with Gasteiger partial charge in [-0.05, 0) is 98.2 Å².